The Labute approximate surface area is 93.8 Å². The molecule has 1 atom stereocenters. The number of nitrogens with one attached hydrogen (secondary N) is 1. The summed E-state index contributed by atoms with van der Waals surface area (Å²) in [4.78, 5) is 11.8. The van der Waals surface area contributed by atoms with E-state index in [1.165, 1.54) is 0 Å². The Morgan fingerprint density at radius 3 is 2.81 bits per heavy atom. The number of aliphatic hydroxyl groups excluding tert-OH is 1. The topological polar surface area (TPSA) is 75.4 Å². The highest BCUT2D eigenvalue weighted by Gasteiger charge is 2.30. The summed E-state index contributed by atoms with van der Waals surface area (Å²) in [5, 5.41) is 16.0. The number of nitrogens with zero attached hydrogens (tertiary/aromatic N) is 1. The van der Waals surface area contributed by atoms with Crippen LogP contribution in [0.2, 0.25) is 0 Å². The van der Waals surface area contributed by atoms with Gasteiger partial charge < -0.3 is 14.9 Å². The second kappa shape index (κ2) is 4.25. The number of carbonyl (C=O) groups excluding carboxylic acids is 1. The van der Waals surface area contributed by atoms with Crippen LogP contribution in [0, 0.1) is 19.8 Å². The molecule has 0 saturated heterocycles. The van der Waals surface area contributed by atoms with E-state index in [0.717, 1.165) is 12.8 Å². The Morgan fingerprint density at radius 1 is 1.62 bits per heavy atom. The van der Waals surface area contributed by atoms with Crippen molar-refractivity contribution in [3.8, 4) is 0 Å². The van der Waals surface area contributed by atoms with Crippen LogP contribution in [-0.2, 0) is 0 Å². The molecule has 1 saturated carbocycles. The van der Waals surface area contributed by atoms with Gasteiger partial charge in [0.05, 0.1) is 11.8 Å². The molecule has 2 rings (SSSR count). The number of aromatic nitrogens is 1. The van der Waals surface area contributed by atoms with E-state index < -0.39 is 6.10 Å². The maximum Gasteiger partial charge on any atom is 0.256 e. The van der Waals surface area contributed by atoms with Gasteiger partial charge in [-0.05, 0) is 32.6 Å². The Kier molecular flexibility index (Phi) is 2.96. The molecule has 1 unspecified atom stereocenters. The third kappa shape index (κ3) is 2.24. The van der Waals surface area contributed by atoms with Crippen molar-refractivity contribution >= 4 is 5.91 Å². The van der Waals surface area contributed by atoms with Crippen LogP contribution in [0.5, 0.6) is 0 Å². The first-order valence-corrected chi connectivity index (χ1v) is 5.48. The van der Waals surface area contributed by atoms with Gasteiger partial charge in [0.15, 0.2) is 0 Å². The number of hydrogen-bond donors (Lipinski definition) is 2. The van der Waals surface area contributed by atoms with Crippen molar-refractivity contribution in [3.63, 3.8) is 0 Å². The predicted octanol–water partition coefficient (Wildman–Crippen LogP) is 0.792. The molecule has 16 heavy (non-hydrogen) atoms. The SMILES string of the molecule is Cc1noc(C)c1C(=O)NCC(O)C1CC1. The molecule has 1 aromatic rings. The first-order chi connectivity index (χ1) is 7.59. The molecule has 1 aliphatic carbocycles. The molecule has 1 fully saturated rings. The fourth-order valence-corrected chi connectivity index (χ4v) is 1.74. The van der Waals surface area contributed by atoms with Crippen LogP contribution >= 0.6 is 0 Å². The summed E-state index contributed by atoms with van der Waals surface area (Å²) < 4.78 is 4.91. The van der Waals surface area contributed by atoms with Gasteiger partial charge in [0.25, 0.3) is 5.91 Å². The molecular weight excluding hydrogens is 208 g/mol. The molecule has 1 aliphatic rings. The van der Waals surface area contributed by atoms with E-state index in [9.17, 15) is 9.90 Å². The molecule has 1 heterocycles. The van der Waals surface area contributed by atoms with Crippen LogP contribution in [0.15, 0.2) is 4.52 Å². The van der Waals surface area contributed by atoms with Gasteiger partial charge in [-0.15, -0.1) is 0 Å². The summed E-state index contributed by atoms with van der Waals surface area (Å²) >= 11 is 0. The monoisotopic (exact) mass is 224 g/mol. The van der Waals surface area contributed by atoms with Crippen molar-refractivity contribution in [1.82, 2.24) is 10.5 Å². The van der Waals surface area contributed by atoms with Gasteiger partial charge in [0.2, 0.25) is 0 Å². The molecule has 0 spiro atoms. The number of carbonyl (C=O) groups is 1. The quantitative estimate of drug-likeness (QED) is 0.793. The maximum atomic E-state index is 11.8. The first kappa shape index (κ1) is 11.1. The molecule has 0 aliphatic heterocycles. The van der Waals surface area contributed by atoms with E-state index in [0.29, 0.717) is 29.5 Å². The summed E-state index contributed by atoms with van der Waals surface area (Å²) in [5.74, 6) is 0.650. The lowest BCUT2D eigenvalue weighted by Gasteiger charge is -2.10. The van der Waals surface area contributed by atoms with Crippen molar-refractivity contribution in [2.75, 3.05) is 6.54 Å². The standard InChI is InChI=1S/C11H16N2O3/c1-6-10(7(2)16-13-6)11(15)12-5-9(14)8-3-4-8/h8-9,14H,3-5H2,1-2H3,(H,12,15). The zero-order valence-corrected chi connectivity index (χ0v) is 9.49. The van der Waals surface area contributed by atoms with Crippen molar-refractivity contribution in [3.05, 3.63) is 17.0 Å². The Morgan fingerprint density at radius 2 is 2.31 bits per heavy atom. The predicted molar refractivity (Wildman–Crippen MR) is 57.0 cm³/mol. The summed E-state index contributed by atoms with van der Waals surface area (Å²) in [7, 11) is 0. The third-order valence-corrected chi connectivity index (χ3v) is 2.90. The van der Waals surface area contributed by atoms with Crippen molar-refractivity contribution in [1.29, 1.82) is 0 Å². The van der Waals surface area contributed by atoms with Crippen molar-refractivity contribution in [2.24, 2.45) is 5.92 Å². The summed E-state index contributed by atoms with van der Waals surface area (Å²) in [6, 6.07) is 0. The second-order valence-corrected chi connectivity index (χ2v) is 4.31. The Hall–Kier alpha value is -1.36. The van der Waals surface area contributed by atoms with E-state index in [1.807, 2.05) is 0 Å². The molecule has 0 radical (unpaired) electrons. The fraction of sp³-hybridized carbons (Fsp3) is 0.636. The molecule has 0 aromatic carbocycles. The normalized spacial score (nSPS) is 17.2. The van der Waals surface area contributed by atoms with Gasteiger partial charge in [-0.3, -0.25) is 4.79 Å². The molecule has 5 heteroatoms. The van der Waals surface area contributed by atoms with Crippen LogP contribution in [0.25, 0.3) is 0 Å². The number of aliphatic hydroxyl groups is 1. The van der Waals surface area contributed by atoms with E-state index in [-0.39, 0.29) is 5.91 Å². The molecule has 1 aromatic heterocycles. The number of hydrogen-bond acceptors (Lipinski definition) is 4. The lowest BCUT2D eigenvalue weighted by atomic mass is 10.2. The summed E-state index contributed by atoms with van der Waals surface area (Å²) in [6.45, 7) is 3.72. The van der Waals surface area contributed by atoms with Gasteiger partial charge in [-0.2, -0.15) is 0 Å². The zero-order valence-electron chi connectivity index (χ0n) is 9.49. The minimum atomic E-state index is -0.426. The minimum absolute atomic E-state index is 0.226. The number of aryl methyl sites for hydroxylation is 2. The molecule has 88 valence electrons. The average Bonchev–Trinajstić information content (AvgIpc) is 3.02. The summed E-state index contributed by atoms with van der Waals surface area (Å²) in [5.41, 5.74) is 1.05. The molecular formula is C11H16N2O3. The number of amides is 1. The van der Waals surface area contributed by atoms with Gasteiger partial charge in [-0.25, -0.2) is 0 Å². The van der Waals surface area contributed by atoms with Crippen LogP contribution in [0.3, 0.4) is 0 Å². The van der Waals surface area contributed by atoms with Crippen LogP contribution in [0.1, 0.15) is 34.7 Å². The molecule has 1 amide bonds. The highest BCUT2D eigenvalue weighted by molar-refractivity contribution is 5.96. The highest BCUT2D eigenvalue weighted by Crippen LogP contribution is 2.32. The van der Waals surface area contributed by atoms with Crippen LogP contribution in [-0.4, -0.2) is 28.8 Å². The van der Waals surface area contributed by atoms with Gasteiger partial charge in [0, 0.05) is 6.54 Å². The first-order valence-electron chi connectivity index (χ1n) is 5.48. The van der Waals surface area contributed by atoms with E-state index in [1.54, 1.807) is 13.8 Å². The fourth-order valence-electron chi connectivity index (χ4n) is 1.74. The Bertz CT molecular complexity index is 376. The average molecular weight is 224 g/mol. The van der Waals surface area contributed by atoms with E-state index >= 15 is 0 Å². The largest absolute Gasteiger partial charge is 0.391 e. The van der Waals surface area contributed by atoms with E-state index in [2.05, 4.69) is 10.5 Å². The molecule has 0 bridgehead atoms. The summed E-state index contributed by atoms with van der Waals surface area (Å²) in [6.07, 6.45) is 1.69. The lowest BCUT2D eigenvalue weighted by Crippen LogP contribution is -2.33. The van der Waals surface area contributed by atoms with Crippen LogP contribution in [0.4, 0.5) is 0 Å². The van der Waals surface area contributed by atoms with Gasteiger partial charge in [0.1, 0.15) is 11.3 Å². The zero-order chi connectivity index (χ0) is 11.7. The number of rotatable bonds is 4. The minimum Gasteiger partial charge on any atom is -0.391 e. The van der Waals surface area contributed by atoms with E-state index in [4.69, 9.17) is 4.52 Å². The van der Waals surface area contributed by atoms with Gasteiger partial charge >= 0.3 is 0 Å². The Balaban J connectivity index is 1.92. The van der Waals surface area contributed by atoms with Crippen molar-refractivity contribution in [2.45, 2.75) is 32.8 Å². The molecule has 2 N–H and O–H groups in total. The van der Waals surface area contributed by atoms with Crippen LogP contribution < -0.4 is 5.32 Å². The maximum absolute atomic E-state index is 11.8. The van der Waals surface area contributed by atoms with Crippen molar-refractivity contribution < 1.29 is 14.4 Å². The third-order valence-electron chi connectivity index (χ3n) is 2.90. The second-order valence-electron chi connectivity index (χ2n) is 4.31. The molecule has 5 nitrogen and oxygen atoms in total. The lowest BCUT2D eigenvalue weighted by molar-refractivity contribution is 0.0899. The smallest absolute Gasteiger partial charge is 0.256 e. The highest BCUT2D eigenvalue weighted by atomic mass is 16.5. The van der Waals surface area contributed by atoms with Gasteiger partial charge in [-0.1, -0.05) is 5.16 Å².